The number of hydrogen-bond acceptors (Lipinski definition) is 3. The zero-order valence-electron chi connectivity index (χ0n) is 10.8. The van der Waals surface area contributed by atoms with Gasteiger partial charge in [0, 0.05) is 13.1 Å². The van der Waals surface area contributed by atoms with Crippen molar-refractivity contribution in [3.63, 3.8) is 0 Å². The van der Waals surface area contributed by atoms with Gasteiger partial charge in [0.1, 0.15) is 0 Å². The molecule has 0 bridgehead atoms. The summed E-state index contributed by atoms with van der Waals surface area (Å²) in [4.78, 5) is 6.64. The molecule has 1 heterocycles. The molecule has 0 amide bonds. The van der Waals surface area contributed by atoms with Crippen molar-refractivity contribution in [3.05, 3.63) is 30.3 Å². The monoisotopic (exact) mass is 248 g/mol. The first-order valence-electron chi connectivity index (χ1n) is 6.20. The van der Waals surface area contributed by atoms with Crippen LogP contribution in [0.5, 0.6) is 0 Å². The van der Waals surface area contributed by atoms with Crippen molar-refractivity contribution in [2.75, 3.05) is 13.1 Å². The summed E-state index contributed by atoms with van der Waals surface area (Å²) in [5.41, 5.74) is 3.57. The molecule has 1 fully saturated rings. The quantitative estimate of drug-likeness (QED) is 0.340. The highest BCUT2D eigenvalue weighted by atomic mass is 16.5. The first-order chi connectivity index (χ1) is 8.69. The lowest BCUT2D eigenvalue weighted by atomic mass is 10.2. The average Bonchev–Trinajstić information content (AvgIpc) is 2.36. The first-order valence-corrected chi connectivity index (χ1v) is 6.20. The molecule has 0 spiro atoms. The van der Waals surface area contributed by atoms with Crippen LogP contribution in [0.4, 0.5) is 5.69 Å². The fourth-order valence-electron chi connectivity index (χ4n) is 2.17. The molecule has 0 aliphatic carbocycles. The maximum absolute atomic E-state index is 5.70. The molecule has 2 atom stereocenters. The zero-order valence-corrected chi connectivity index (χ0v) is 10.8. The second kappa shape index (κ2) is 5.84. The Hall–Kier alpha value is -1.59. The SMILES string of the molecule is CC1CN(C(=Nc2ccccc2)NN)CC(C)O1. The van der Waals surface area contributed by atoms with Crippen LogP contribution in [0.25, 0.3) is 0 Å². The maximum Gasteiger partial charge on any atom is 0.213 e. The Labute approximate surface area is 108 Å². The Bertz CT molecular complexity index is 397. The minimum absolute atomic E-state index is 0.183. The van der Waals surface area contributed by atoms with Crippen LogP contribution in [-0.2, 0) is 4.74 Å². The van der Waals surface area contributed by atoms with Crippen molar-refractivity contribution in [1.29, 1.82) is 0 Å². The standard InChI is InChI=1S/C13H20N4O/c1-10-8-17(9-11(2)18-10)13(16-14)15-12-6-4-3-5-7-12/h3-7,10-11H,8-9,14H2,1-2H3,(H,15,16). The Kier molecular flexibility index (Phi) is 4.17. The van der Waals surface area contributed by atoms with E-state index in [-0.39, 0.29) is 12.2 Å². The zero-order chi connectivity index (χ0) is 13.0. The van der Waals surface area contributed by atoms with Gasteiger partial charge >= 0.3 is 0 Å². The summed E-state index contributed by atoms with van der Waals surface area (Å²) in [6.07, 6.45) is 0.367. The second-order valence-electron chi connectivity index (χ2n) is 4.58. The number of rotatable bonds is 1. The third-order valence-corrected chi connectivity index (χ3v) is 2.84. The third-order valence-electron chi connectivity index (χ3n) is 2.84. The highest BCUT2D eigenvalue weighted by Gasteiger charge is 2.24. The summed E-state index contributed by atoms with van der Waals surface area (Å²) < 4.78 is 5.70. The van der Waals surface area contributed by atoms with Gasteiger partial charge in [-0.2, -0.15) is 0 Å². The molecule has 0 aromatic heterocycles. The number of guanidine groups is 1. The maximum atomic E-state index is 5.70. The molecule has 1 saturated heterocycles. The van der Waals surface area contributed by atoms with Crippen LogP contribution in [0.1, 0.15) is 13.8 Å². The molecule has 1 aliphatic heterocycles. The summed E-state index contributed by atoms with van der Waals surface area (Å²) in [6.45, 7) is 5.69. The lowest BCUT2D eigenvalue weighted by molar-refractivity contribution is -0.0489. The minimum Gasteiger partial charge on any atom is -0.372 e. The Morgan fingerprint density at radius 3 is 2.44 bits per heavy atom. The average molecular weight is 248 g/mol. The number of nitrogens with one attached hydrogen (secondary N) is 1. The Morgan fingerprint density at radius 2 is 1.89 bits per heavy atom. The van der Waals surface area contributed by atoms with E-state index < -0.39 is 0 Å². The van der Waals surface area contributed by atoms with Crippen LogP contribution in [0, 0.1) is 0 Å². The number of hydrogen-bond donors (Lipinski definition) is 2. The molecule has 1 aromatic rings. The third kappa shape index (κ3) is 3.21. The summed E-state index contributed by atoms with van der Waals surface area (Å²) >= 11 is 0. The molecule has 98 valence electrons. The van der Waals surface area contributed by atoms with Gasteiger partial charge in [-0.1, -0.05) is 18.2 Å². The number of hydrazine groups is 1. The van der Waals surface area contributed by atoms with Gasteiger partial charge < -0.3 is 9.64 Å². The van der Waals surface area contributed by atoms with Crippen LogP contribution < -0.4 is 11.3 Å². The molecular weight excluding hydrogens is 228 g/mol. The van der Waals surface area contributed by atoms with E-state index >= 15 is 0 Å². The van der Waals surface area contributed by atoms with Crippen molar-refractivity contribution in [3.8, 4) is 0 Å². The molecule has 1 aliphatic rings. The molecule has 5 heteroatoms. The number of nitrogens with two attached hydrogens (primary N) is 1. The van der Waals surface area contributed by atoms with E-state index in [9.17, 15) is 0 Å². The van der Waals surface area contributed by atoms with E-state index in [1.54, 1.807) is 0 Å². The van der Waals surface area contributed by atoms with Crippen LogP contribution in [0.15, 0.2) is 35.3 Å². The number of benzene rings is 1. The Balaban J connectivity index is 2.15. The van der Waals surface area contributed by atoms with Gasteiger partial charge in [-0.25, -0.2) is 10.8 Å². The molecule has 2 rings (SSSR count). The summed E-state index contributed by atoms with van der Waals surface area (Å²) in [7, 11) is 0. The van der Waals surface area contributed by atoms with E-state index in [2.05, 4.69) is 29.2 Å². The second-order valence-corrected chi connectivity index (χ2v) is 4.58. The lowest BCUT2D eigenvalue weighted by Gasteiger charge is -2.36. The van der Waals surface area contributed by atoms with Crippen molar-refractivity contribution in [2.45, 2.75) is 26.1 Å². The lowest BCUT2D eigenvalue weighted by Crippen LogP contribution is -2.53. The number of ether oxygens (including phenoxy) is 1. The topological polar surface area (TPSA) is 62.9 Å². The summed E-state index contributed by atoms with van der Waals surface area (Å²) in [5.74, 6) is 6.26. The molecule has 2 unspecified atom stereocenters. The van der Waals surface area contributed by atoms with Crippen molar-refractivity contribution < 1.29 is 4.74 Å². The van der Waals surface area contributed by atoms with Crippen LogP contribution in [-0.4, -0.2) is 36.2 Å². The number of aliphatic imine (C=N–C) groups is 1. The number of para-hydroxylation sites is 1. The van der Waals surface area contributed by atoms with Crippen molar-refractivity contribution in [1.82, 2.24) is 10.3 Å². The van der Waals surface area contributed by atoms with Gasteiger partial charge in [0.05, 0.1) is 17.9 Å². The smallest absolute Gasteiger partial charge is 0.213 e. The predicted octanol–water partition coefficient (Wildman–Crippen LogP) is 1.25. The fraction of sp³-hybridized carbons (Fsp3) is 0.462. The largest absolute Gasteiger partial charge is 0.372 e. The molecule has 3 N–H and O–H groups in total. The van der Waals surface area contributed by atoms with Gasteiger partial charge in [0.2, 0.25) is 5.96 Å². The van der Waals surface area contributed by atoms with Crippen LogP contribution in [0.2, 0.25) is 0 Å². The molecule has 5 nitrogen and oxygen atoms in total. The van der Waals surface area contributed by atoms with Crippen molar-refractivity contribution in [2.24, 2.45) is 10.8 Å². The molecule has 1 aromatic carbocycles. The van der Waals surface area contributed by atoms with Gasteiger partial charge in [-0.3, -0.25) is 5.43 Å². The van der Waals surface area contributed by atoms with E-state index in [1.165, 1.54) is 0 Å². The van der Waals surface area contributed by atoms with Gasteiger partial charge in [-0.05, 0) is 26.0 Å². The van der Waals surface area contributed by atoms with E-state index in [1.807, 2.05) is 30.3 Å². The predicted molar refractivity (Wildman–Crippen MR) is 72.4 cm³/mol. The molecule has 0 saturated carbocycles. The van der Waals surface area contributed by atoms with E-state index in [4.69, 9.17) is 10.6 Å². The Morgan fingerprint density at radius 1 is 1.28 bits per heavy atom. The van der Waals surface area contributed by atoms with Crippen LogP contribution >= 0.6 is 0 Å². The highest BCUT2D eigenvalue weighted by Crippen LogP contribution is 2.14. The first kappa shape index (κ1) is 12.9. The van der Waals surface area contributed by atoms with Crippen LogP contribution in [0.3, 0.4) is 0 Å². The van der Waals surface area contributed by atoms with Gasteiger partial charge in [0.25, 0.3) is 0 Å². The summed E-state index contributed by atoms with van der Waals surface area (Å²) in [6, 6.07) is 9.78. The number of morpholine rings is 1. The summed E-state index contributed by atoms with van der Waals surface area (Å²) in [5, 5.41) is 0. The van der Waals surface area contributed by atoms with Gasteiger partial charge in [0.15, 0.2) is 0 Å². The fourth-order valence-corrected chi connectivity index (χ4v) is 2.17. The minimum atomic E-state index is 0.183. The molecule has 0 radical (unpaired) electrons. The molecule has 18 heavy (non-hydrogen) atoms. The van der Waals surface area contributed by atoms with Gasteiger partial charge in [-0.15, -0.1) is 0 Å². The van der Waals surface area contributed by atoms with E-state index in [0.29, 0.717) is 5.96 Å². The van der Waals surface area contributed by atoms with Crippen molar-refractivity contribution >= 4 is 11.6 Å². The molecular formula is C13H20N4O. The number of nitrogens with zero attached hydrogens (tertiary/aromatic N) is 2. The highest BCUT2D eigenvalue weighted by molar-refractivity contribution is 5.82. The van der Waals surface area contributed by atoms with E-state index in [0.717, 1.165) is 18.8 Å². The normalized spacial score (nSPS) is 25.1.